The maximum absolute atomic E-state index is 4.93. The lowest BCUT2D eigenvalue weighted by Crippen LogP contribution is -2.36. The zero-order valence-electron chi connectivity index (χ0n) is 10.7. The van der Waals surface area contributed by atoms with Crippen molar-refractivity contribution >= 4 is 5.71 Å². The van der Waals surface area contributed by atoms with Crippen LogP contribution in [0.25, 0.3) is 0 Å². The highest BCUT2D eigenvalue weighted by Gasteiger charge is 2.32. The Labute approximate surface area is 93.5 Å². The van der Waals surface area contributed by atoms with E-state index >= 15 is 0 Å². The van der Waals surface area contributed by atoms with E-state index < -0.39 is 0 Å². The van der Waals surface area contributed by atoms with Crippen LogP contribution in [0, 0.1) is 11.3 Å². The summed E-state index contributed by atoms with van der Waals surface area (Å²) in [7, 11) is 5.87. The molecule has 1 saturated carbocycles. The quantitative estimate of drug-likeness (QED) is 0.671. The molecule has 0 radical (unpaired) electrons. The maximum Gasteiger partial charge on any atom is 0.106 e. The van der Waals surface area contributed by atoms with Crippen LogP contribution in [0.1, 0.15) is 33.1 Å². The lowest BCUT2D eigenvalue weighted by Gasteiger charge is -2.36. The first-order valence-corrected chi connectivity index (χ1v) is 5.69. The summed E-state index contributed by atoms with van der Waals surface area (Å²) in [6.07, 6.45) is 3.52. The molecule has 0 bridgehead atoms. The molecule has 0 spiro atoms. The molecular weight excluding hydrogens is 188 g/mol. The molecule has 0 N–H and O–H groups in total. The van der Waals surface area contributed by atoms with Crippen molar-refractivity contribution < 1.29 is 4.84 Å². The van der Waals surface area contributed by atoms with E-state index in [1.54, 1.807) is 7.11 Å². The Morgan fingerprint density at radius 2 is 2.13 bits per heavy atom. The first kappa shape index (κ1) is 12.5. The predicted molar refractivity (Wildman–Crippen MR) is 64.1 cm³/mol. The molecule has 1 fully saturated rings. The SMILES string of the molecule is CO/N=C1\CCC(C)(C)CC1CN(C)C. The highest BCUT2D eigenvalue weighted by molar-refractivity contribution is 5.87. The minimum Gasteiger partial charge on any atom is -0.399 e. The standard InChI is InChI=1S/C12H24N2O/c1-12(2)7-6-11(13-15-5)10(8-12)9-14(3)4/h10H,6-9H2,1-5H3/b13-11+. The highest BCUT2D eigenvalue weighted by atomic mass is 16.6. The lowest BCUT2D eigenvalue weighted by molar-refractivity contribution is 0.189. The lowest BCUT2D eigenvalue weighted by atomic mass is 9.71. The molecule has 1 unspecified atom stereocenters. The fraction of sp³-hybridized carbons (Fsp3) is 0.917. The van der Waals surface area contributed by atoms with Crippen LogP contribution in [0.3, 0.4) is 0 Å². The largest absolute Gasteiger partial charge is 0.399 e. The van der Waals surface area contributed by atoms with Gasteiger partial charge in [0, 0.05) is 12.5 Å². The van der Waals surface area contributed by atoms with E-state index in [0.29, 0.717) is 11.3 Å². The number of nitrogens with zero attached hydrogens (tertiary/aromatic N) is 2. The first-order chi connectivity index (χ1) is 6.94. The maximum atomic E-state index is 4.93. The fourth-order valence-electron chi connectivity index (χ4n) is 2.41. The van der Waals surface area contributed by atoms with Crippen molar-refractivity contribution in [3.8, 4) is 0 Å². The van der Waals surface area contributed by atoms with Gasteiger partial charge in [0.15, 0.2) is 0 Å². The van der Waals surface area contributed by atoms with E-state index in [-0.39, 0.29) is 0 Å². The smallest absolute Gasteiger partial charge is 0.106 e. The molecule has 0 aromatic carbocycles. The van der Waals surface area contributed by atoms with Crippen molar-refractivity contribution in [3.63, 3.8) is 0 Å². The number of hydrogen-bond donors (Lipinski definition) is 0. The number of hydrogen-bond acceptors (Lipinski definition) is 3. The topological polar surface area (TPSA) is 24.8 Å². The molecule has 88 valence electrons. The van der Waals surface area contributed by atoms with E-state index in [0.717, 1.165) is 13.0 Å². The van der Waals surface area contributed by atoms with Gasteiger partial charge in [0.05, 0.1) is 5.71 Å². The third-order valence-corrected chi connectivity index (χ3v) is 3.12. The number of rotatable bonds is 3. The monoisotopic (exact) mass is 212 g/mol. The average Bonchev–Trinajstić information content (AvgIpc) is 2.08. The van der Waals surface area contributed by atoms with Gasteiger partial charge in [0.2, 0.25) is 0 Å². The summed E-state index contributed by atoms with van der Waals surface area (Å²) in [4.78, 5) is 7.16. The van der Waals surface area contributed by atoms with E-state index in [9.17, 15) is 0 Å². The van der Waals surface area contributed by atoms with E-state index in [4.69, 9.17) is 4.84 Å². The summed E-state index contributed by atoms with van der Waals surface area (Å²) in [5.41, 5.74) is 1.69. The van der Waals surface area contributed by atoms with Gasteiger partial charge in [-0.2, -0.15) is 0 Å². The molecule has 1 atom stereocenters. The molecule has 0 amide bonds. The summed E-state index contributed by atoms with van der Waals surface area (Å²) in [6, 6.07) is 0. The Bertz CT molecular complexity index is 234. The molecule has 0 aromatic rings. The second kappa shape index (κ2) is 4.97. The van der Waals surface area contributed by atoms with Crippen LogP contribution >= 0.6 is 0 Å². The third-order valence-electron chi connectivity index (χ3n) is 3.12. The molecule has 0 heterocycles. The Balaban J connectivity index is 2.69. The van der Waals surface area contributed by atoms with Crippen molar-refractivity contribution in [2.24, 2.45) is 16.5 Å². The molecule has 1 aliphatic carbocycles. The molecular formula is C12H24N2O. The van der Waals surface area contributed by atoms with Crippen molar-refractivity contribution in [2.45, 2.75) is 33.1 Å². The normalized spacial score (nSPS) is 28.4. The highest BCUT2D eigenvalue weighted by Crippen LogP contribution is 2.37. The van der Waals surface area contributed by atoms with Gasteiger partial charge in [-0.25, -0.2) is 0 Å². The molecule has 1 aliphatic rings. The molecule has 0 aromatic heterocycles. The minimum atomic E-state index is 0.452. The first-order valence-electron chi connectivity index (χ1n) is 5.69. The predicted octanol–water partition coefficient (Wildman–Crippen LogP) is 2.38. The summed E-state index contributed by atoms with van der Waals surface area (Å²) < 4.78 is 0. The van der Waals surface area contributed by atoms with Gasteiger partial charge in [-0.1, -0.05) is 19.0 Å². The summed E-state index contributed by atoms with van der Waals surface area (Å²) >= 11 is 0. The van der Waals surface area contributed by atoms with Crippen molar-refractivity contribution in [2.75, 3.05) is 27.7 Å². The van der Waals surface area contributed by atoms with Gasteiger partial charge in [0.25, 0.3) is 0 Å². The van der Waals surface area contributed by atoms with E-state index in [2.05, 4.69) is 38.0 Å². The molecule has 3 heteroatoms. The second-order valence-corrected chi connectivity index (χ2v) is 5.59. The Kier molecular flexibility index (Phi) is 4.14. The van der Waals surface area contributed by atoms with E-state index in [1.807, 2.05) is 0 Å². The zero-order chi connectivity index (χ0) is 11.5. The number of oxime groups is 1. The third kappa shape index (κ3) is 3.82. The molecule has 1 rings (SSSR count). The summed E-state index contributed by atoms with van der Waals surface area (Å²) in [5, 5.41) is 4.17. The van der Waals surface area contributed by atoms with Crippen LogP contribution in [-0.2, 0) is 4.84 Å². The van der Waals surface area contributed by atoms with Crippen molar-refractivity contribution in [1.82, 2.24) is 4.90 Å². The zero-order valence-corrected chi connectivity index (χ0v) is 10.7. The van der Waals surface area contributed by atoms with Crippen LogP contribution in [0.2, 0.25) is 0 Å². The van der Waals surface area contributed by atoms with Crippen LogP contribution in [0.5, 0.6) is 0 Å². The van der Waals surface area contributed by atoms with Crippen molar-refractivity contribution in [3.05, 3.63) is 0 Å². The van der Waals surface area contributed by atoms with Gasteiger partial charge < -0.3 is 9.74 Å². The summed E-state index contributed by atoms with van der Waals surface area (Å²) in [6.45, 7) is 5.77. The van der Waals surface area contributed by atoms with Gasteiger partial charge in [-0.15, -0.1) is 0 Å². The Morgan fingerprint density at radius 3 is 2.67 bits per heavy atom. The summed E-state index contributed by atoms with van der Waals surface area (Å²) in [5.74, 6) is 0.559. The van der Waals surface area contributed by atoms with Crippen LogP contribution in [0.15, 0.2) is 5.16 Å². The van der Waals surface area contributed by atoms with Crippen LogP contribution in [-0.4, -0.2) is 38.4 Å². The average molecular weight is 212 g/mol. The van der Waals surface area contributed by atoms with E-state index in [1.165, 1.54) is 18.6 Å². The Hall–Kier alpha value is -0.570. The van der Waals surface area contributed by atoms with Gasteiger partial charge in [0.1, 0.15) is 7.11 Å². The molecule has 0 saturated heterocycles. The second-order valence-electron chi connectivity index (χ2n) is 5.59. The van der Waals surface area contributed by atoms with Gasteiger partial charge >= 0.3 is 0 Å². The molecule has 15 heavy (non-hydrogen) atoms. The minimum absolute atomic E-state index is 0.452. The van der Waals surface area contributed by atoms with Crippen LogP contribution in [0.4, 0.5) is 0 Å². The fourth-order valence-corrected chi connectivity index (χ4v) is 2.41. The van der Waals surface area contributed by atoms with Gasteiger partial charge in [-0.05, 0) is 38.8 Å². The molecule has 0 aliphatic heterocycles. The Morgan fingerprint density at radius 1 is 1.47 bits per heavy atom. The van der Waals surface area contributed by atoms with Crippen molar-refractivity contribution in [1.29, 1.82) is 0 Å². The van der Waals surface area contributed by atoms with Gasteiger partial charge in [-0.3, -0.25) is 0 Å². The van der Waals surface area contributed by atoms with Crippen LogP contribution < -0.4 is 0 Å². The molecule has 3 nitrogen and oxygen atoms in total.